The second kappa shape index (κ2) is 5.65. The lowest BCUT2D eigenvalue weighted by Crippen LogP contribution is -1.94. The van der Waals surface area contributed by atoms with Crippen LogP contribution in [0.2, 0.25) is 15.1 Å². The van der Waals surface area contributed by atoms with Crippen molar-refractivity contribution in [2.75, 3.05) is 0 Å². The summed E-state index contributed by atoms with van der Waals surface area (Å²) in [6, 6.07) is 8.94. The zero-order valence-corrected chi connectivity index (χ0v) is 11.5. The second-order valence-corrected chi connectivity index (χ2v) is 4.83. The minimum Gasteiger partial charge on any atom is -0.450 e. The molecule has 2 aromatic carbocycles. The maximum atomic E-state index is 11.0. The highest BCUT2D eigenvalue weighted by molar-refractivity contribution is 6.34. The van der Waals surface area contributed by atoms with Gasteiger partial charge in [-0.15, -0.1) is 0 Å². The number of hydrogen-bond acceptors (Lipinski definition) is 3. The molecule has 0 heterocycles. The smallest absolute Gasteiger partial charge is 0.329 e. The lowest BCUT2D eigenvalue weighted by Gasteiger charge is -2.07. The van der Waals surface area contributed by atoms with Crippen molar-refractivity contribution in [1.82, 2.24) is 0 Å². The predicted molar refractivity (Wildman–Crippen MR) is 74.6 cm³/mol. The molecule has 19 heavy (non-hydrogen) atoms. The van der Waals surface area contributed by atoms with Crippen LogP contribution in [0.3, 0.4) is 0 Å². The van der Waals surface area contributed by atoms with Gasteiger partial charge >= 0.3 is 5.69 Å². The molecule has 0 spiro atoms. The molecule has 0 aromatic heterocycles. The molecule has 0 radical (unpaired) electrons. The number of hydrogen-bond donors (Lipinski definition) is 0. The Morgan fingerprint density at radius 2 is 1.68 bits per heavy atom. The van der Waals surface area contributed by atoms with Crippen molar-refractivity contribution in [2.45, 2.75) is 0 Å². The molecule has 0 aliphatic rings. The normalized spacial score (nSPS) is 10.3. The summed E-state index contributed by atoms with van der Waals surface area (Å²) in [7, 11) is 0. The standard InChI is InChI=1S/C12H6Cl3NO3/c13-7-4-8(14)6-9(5-7)19-11-3-1-2-10(15)12(11)16(17)18/h1-6H. The van der Waals surface area contributed by atoms with Crippen LogP contribution < -0.4 is 4.74 Å². The molecule has 98 valence electrons. The Balaban J connectivity index is 2.43. The van der Waals surface area contributed by atoms with Gasteiger partial charge in [0.2, 0.25) is 5.75 Å². The molecule has 7 heteroatoms. The molecular weight excluding hydrogens is 312 g/mol. The van der Waals surface area contributed by atoms with Crippen molar-refractivity contribution in [1.29, 1.82) is 0 Å². The van der Waals surface area contributed by atoms with Crippen molar-refractivity contribution in [3.63, 3.8) is 0 Å². The van der Waals surface area contributed by atoms with E-state index < -0.39 is 4.92 Å². The number of rotatable bonds is 3. The van der Waals surface area contributed by atoms with Gasteiger partial charge in [-0.1, -0.05) is 40.9 Å². The Bertz CT molecular complexity index is 626. The van der Waals surface area contributed by atoms with Crippen LogP contribution in [0.4, 0.5) is 5.69 Å². The summed E-state index contributed by atoms with van der Waals surface area (Å²) < 4.78 is 5.42. The molecule has 2 rings (SSSR count). The Morgan fingerprint density at radius 3 is 2.26 bits per heavy atom. The van der Waals surface area contributed by atoms with E-state index in [1.165, 1.54) is 30.3 Å². The van der Waals surface area contributed by atoms with Crippen LogP contribution in [0.5, 0.6) is 11.5 Å². The van der Waals surface area contributed by atoms with Gasteiger partial charge in [0.05, 0.1) is 4.92 Å². The summed E-state index contributed by atoms with van der Waals surface area (Å²) in [5.74, 6) is 0.318. The number of para-hydroxylation sites is 1. The molecule has 4 nitrogen and oxygen atoms in total. The minimum absolute atomic E-state index is 0.00405. The fourth-order valence-electron chi connectivity index (χ4n) is 1.47. The van der Waals surface area contributed by atoms with E-state index in [0.29, 0.717) is 15.8 Å². The third-order valence-electron chi connectivity index (χ3n) is 2.20. The SMILES string of the molecule is O=[N+]([O-])c1c(Cl)cccc1Oc1cc(Cl)cc(Cl)c1. The summed E-state index contributed by atoms with van der Waals surface area (Å²) in [6.45, 7) is 0. The van der Waals surface area contributed by atoms with Crippen LogP contribution in [0.15, 0.2) is 36.4 Å². The topological polar surface area (TPSA) is 52.4 Å². The van der Waals surface area contributed by atoms with E-state index in [1.54, 1.807) is 6.07 Å². The molecule has 0 saturated heterocycles. The number of ether oxygens (including phenoxy) is 1. The average Bonchev–Trinajstić information content (AvgIpc) is 2.26. The summed E-state index contributed by atoms with van der Waals surface area (Å²) in [5.41, 5.74) is -0.305. The molecule has 0 aliphatic carbocycles. The Labute approximate surface area is 123 Å². The Hall–Kier alpha value is -1.49. The predicted octanol–water partition coefficient (Wildman–Crippen LogP) is 5.35. The number of nitrogens with zero attached hydrogens (tertiary/aromatic N) is 1. The first-order valence-electron chi connectivity index (χ1n) is 5.04. The highest BCUT2D eigenvalue weighted by Gasteiger charge is 2.20. The molecule has 0 N–H and O–H groups in total. The summed E-state index contributed by atoms with van der Waals surface area (Å²) in [6.07, 6.45) is 0. The maximum Gasteiger partial charge on any atom is 0.329 e. The second-order valence-electron chi connectivity index (χ2n) is 3.55. The number of nitro groups is 1. The quantitative estimate of drug-likeness (QED) is 0.566. The van der Waals surface area contributed by atoms with Crippen molar-refractivity contribution in [3.8, 4) is 11.5 Å². The van der Waals surface area contributed by atoms with Gasteiger partial charge in [0.1, 0.15) is 10.8 Å². The fourth-order valence-corrected chi connectivity index (χ4v) is 2.21. The molecule has 0 fully saturated rings. The minimum atomic E-state index is -0.607. The third kappa shape index (κ3) is 3.29. The van der Waals surface area contributed by atoms with Crippen molar-refractivity contribution >= 4 is 40.5 Å². The van der Waals surface area contributed by atoms with E-state index in [4.69, 9.17) is 39.5 Å². The van der Waals surface area contributed by atoms with Gasteiger partial charge in [-0.2, -0.15) is 0 Å². The monoisotopic (exact) mass is 317 g/mol. The lowest BCUT2D eigenvalue weighted by atomic mass is 10.3. The van der Waals surface area contributed by atoms with Gasteiger partial charge in [-0.05, 0) is 30.3 Å². The van der Waals surface area contributed by atoms with Crippen molar-refractivity contribution in [3.05, 3.63) is 61.6 Å². The van der Waals surface area contributed by atoms with Gasteiger partial charge in [0.15, 0.2) is 0 Å². The third-order valence-corrected chi connectivity index (χ3v) is 2.94. The molecule has 0 saturated carbocycles. The number of benzene rings is 2. The first-order chi connectivity index (χ1) is 8.97. The van der Waals surface area contributed by atoms with E-state index in [0.717, 1.165) is 0 Å². The van der Waals surface area contributed by atoms with Gasteiger partial charge in [0.25, 0.3) is 0 Å². The van der Waals surface area contributed by atoms with Crippen LogP contribution in [0.1, 0.15) is 0 Å². The molecule has 0 aliphatic heterocycles. The van der Waals surface area contributed by atoms with Crippen molar-refractivity contribution < 1.29 is 9.66 Å². The van der Waals surface area contributed by atoms with Crippen LogP contribution >= 0.6 is 34.8 Å². The zero-order chi connectivity index (χ0) is 14.0. The first-order valence-corrected chi connectivity index (χ1v) is 6.17. The highest BCUT2D eigenvalue weighted by atomic mass is 35.5. The van der Waals surface area contributed by atoms with Gasteiger partial charge in [0, 0.05) is 10.0 Å². The van der Waals surface area contributed by atoms with Crippen molar-refractivity contribution in [2.24, 2.45) is 0 Å². The Kier molecular flexibility index (Phi) is 4.14. The van der Waals surface area contributed by atoms with Gasteiger partial charge < -0.3 is 4.74 Å². The van der Waals surface area contributed by atoms with Crippen LogP contribution in [0.25, 0.3) is 0 Å². The maximum absolute atomic E-state index is 11.0. The molecule has 2 aromatic rings. The van der Waals surface area contributed by atoms with Gasteiger partial charge in [-0.25, -0.2) is 0 Å². The molecule has 0 atom stereocenters. The molecule has 0 amide bonds. The zero-order valence-electron chi connectivity index (χ0n) is 9.27. The lowest BCUT2D eigenvalue weighted by molar-refractivity contribution is -0.385. The van der Waals surface area contributed by atoms with E-state index in [-0.39, 0.29) is 16.5 Å². The van der Waals surface area contributed by atoms with E-state index >= 15 is 0 Å². The summed E-state index contributed by atoms with van der Waals surface area (Å²) in [5, 5.41) is 11.7. The number of nitro benzene ring substituents is 1. The van der Waals surface area contributed by atoms with Crippen LogP contribution in [0, 0.1) is 10.1 Å². The fraction of sp³-hybridized carbons (Fsp3) is 0. The summed E-state index contributed by atoms with van der Waals surface area (Å²) in [4.78, 5) is 10.3. The molecule has 0 unspecified atom stereocenters. The summed E-state index contributed by atoms with van der Waals surface area (Å²) >= 11 is 17.4. The average molecular weight is 319 g/mol. The Morgan fingerprint density at radius 1 is 1.05 bits per heavy atom. The molecular formula is C12H6Cl3NO3. The van der Waals surface area contributed by atoms with E-state index in [1.807, 2.05) is 0 Å². The number of halogens is 3. The highest BCUT2D eigenvalue weighted by Crippen LogP contribution is 2.38. The molecule has 0 bridgehead atoms. The largest absolute Gasteiger partial charge is 0.450 e. The van der Waals surface area contributed by atoms with Gasteiger partial charge in [-0.3, -0.25) is 10.1 Å². The first kappa shape index (κ1) is 13.9. The van der Waals surface area contributed by atoms with E-state index in [2.05, 4.69) is 0 Å². The van der Waals surface area contributed by atoms with E-state index in [9.17, 15) is 10.1 Å². The van der Waals surface area contributed by atoms with Crippen LogP contribution in [-0.4, -0.2) is 4.92 Å². The van der Waals surface area contributed by atoms with Crippen LogP contribution in [-0.2, 0) is 0 Å².